The summed E-state index contributed by atoms with van der Waals surface area (Å²) in [6.45, 7) is 2.32. The number of amides is 1. The highest BCUT2D eigenvalue weighted by atomic mass is 16.6. The molecule has 0 saturated heterocycles. The van der Waals surface area contributed by atoms with Gasteiger partial charge in [0.15, 0.2) is 0 Å². The maximum atomic E-state index is 11.4. The van der Waals surface area contributed by atoms with E-state index in [4.69, 9.17) is 5.73 Å². The fourth-order valence-corrected chi connectivity index (χ4v) is 1.43. The second-order valence-corrected chi connectivity index (χ2v) is 3.98. The van der Waals surface area contributed by atoms with E-state index in [1.54, 1.807) is 12.1 Å². The summed E-state index contributed by atoms with van der Waals surface area (Å²) in [7, 11) is 0. The van der Waals surface area contributed by atoms with Crippen LogP contribution in [0, 0.1) is 10.1 Å². The van der Waals surface area contributed by atoms with E-state index in [9.17, 15) is 14.9 Å². The first-order valence-electron chi connectivity index (χ1n) is 5.81. The zero-order chi connectivity index (χ0) is 13.5. The van der Waals surface area contributed by atoms with Gasteiger partial charge in [-0.05, 0) is 18.4 Å². The van der Waals surface area contributed by atoms with Crippen molar-refractivity contribution in [3.8, 4) is 0 Å². The van der Waals surface area contributed by atoms with E-state index in [0.717, 1.165) is 5.56 Å². The van der Waals surface area contributed by atoms with Gasteiger partial charge in [0, 0.05) is 18.7 Å². The van der Waals surface area contributed by atoms with Crippen LogP contribution in [0.15, 0.2) is 24.3 Å². The van der Waals surface area contributed by atoms with Gasteiger partial charge in [0.2, 0.25) is 5.91 Å². The molecular formula is C12H17N3O3. The van der Waals surface area contributed by atoms with Crippen molar-refractivity contribution in [3.05, 3.63) is 39.9 Å². The van der Waals surface area contributed by atoms with Crippen molar-refractivity contribution in [1.29, 1.82) is 0 Å². The van der Waals surface area contributed by atoms with Gasteiger partial charge in [0.05, 0.1) is 11.0 Å². The molecule has 0 spiro atoms. The van der Waals surface area contributed by atoms with Gasteiger partial charge in [-0.1, -0.05) is 19.1 Å². The van der Waals surface area contributed by atoms with Crippen LogP contribution in [0.2, 0.25) is 0 Å². The number of hydrogen-bond donors (Lipinski definition) is 2. The summed E-state index contributed by atoms with van der Waals surface area (Å²) in [5.41, 5.74) is 6.56. The standard InChI is InChI=1S/C12H17N3O3/c1-2-11(13)12(16)14-8-7-9-3-5-10(6-4-9)15(17)18/h3-6,11H,2,7-8,13H2,1H3,(H,14,16)/t11-/m1/s1. The Labute approximate surface area is 105 Å². The van der Waals surface area contributed by atoms with Gasteiger partial charge in [-0.25, -0.2) is 0 Å². The van der Waals surface area contributed by atoms with E-state index in [2.05, 4.69) is 5.32 Å². The number of carbonyl (C=O) groups is 1. The third-order valence-electron chi connectivity index (χ3n) is 2.64. The van der Waals surface area contributed by atoms with Crippen molar-refractivity contribution >= 4 is 11.6 Å². The molecule has 98 valence electrons. The third-order valence-corrected chi connectivity index (χ3v) is 2.64. The number of rotatable bonds is 6. The number of nitrogens with zero attached hydrogens (tertiary/aromatic N) is 1. The molecule has 1 atom stereocenters. The van der Waals surface area contributed by atoms with Crippen molar-refractivity contribution in [2.24, 2.45) is 5.73 Å². The molecule has 0 heterocycles. The Morgan fingerprint density at radius 2 is 2.06 bits per heavy atom. The maximum absolute atomic E-state index is 11.4. The third kappa shape index (κ3) is 4.14. The quantitative estimate of drug-likeness (QED) is 0.581. The largest absolute Gasteiger partial charge is 0.354 e. The summed E-state index contributed by atoms with van der Waals surface area (Å²) in [6.07, 6.45) is 1.23. The summed E-state index contributed by atoms with van der Waals surface area (Å²) in [5.74, 6) is -0.167. The molecule has 1 rings (SSSR count). The van der Waals surface area contributed by atoms with Crippen molar-refractivity contribution in [3.63, 3.8) is 0 Å². The Bertz CT molecular complexity index is 417. The Balaban J connectivity index is 2.40. The van der Waals surface area contributed by atoms with Crippen LogP contribution < -0.4 is 11.1 Å². The van der Waals surface area contributed by atoms with Crippen LogP contribution >= 0.6 is 0 Å². The second-order valence-electron chi connectivity index (χ2n) is 3.98. The lowest BCUT2D eigenvalue weighted by atomic mass is 10.1. The van der Waals surface area contributed by atoms with Crippen molar-refractivity contribution in [2.45, 2.75) is 25.8 Å². The van der Waals surface area contributed by atoms with Gasteiger partial charge in [0.1, 0.15) is 0 Å². The van der Waals surface area contributed by atoms with Gasteiger partial charge in [-0.15, -0.1) is 0 Å². The normalized spacial score (nSPS) is 11.9. The van der Waals surface area contributed by atoms with Gasteiger partial charge >= 0.3 is 0 Å². The molecule has 0 bridgehead atoms. The molecule has 18 heavy (non-hydrogen) atoms. The minimum atomic E-state index is -0.470. The van der Waals surface area contributed by atoms with Crippen molar-refractivity contribution in [1.82, 2.24) is 5.32 Å². The zero-order valence-electron chi connectivity index (χ0n) is 10.3. The lowest BCUT2D eigenvalue weighted by Gasteiger charge is -2.09. The van der Waals surface area contributed by atoms with Crippen LogP contribution in [0.25, 0.3) is 0 Å². The summed E-state index contributed by atoms with van der Waals surface area (Å²) in [6, 6.07) is 5.81. The second kappa shape index (κ2) is 6.70. The van der Waals surface area contributed by atoms with Crippen LogP contribution in [0.3, 0.4) is 0 Å². The van der Waals surface area contributed by atoms with Gasteiger partial charge in [-0.2, -0.15) is 0 Å². The minimum Gasteiger partial charge on any atom is -0.354 e. The minimum absolute atomic E-state index is 0.0655. The van der Waals surface area contributed by atoms with E-state index < -0.39 is 11.0 Å². The number of nitrogens with one attached hydrogen (secondary N) is 1. The molecule has 0 aliphatic heterocycles. The fraction of sp³-hybridized carbons (Fsp3) is 0.417. The number of nitro benzene ring substituents is 1. The fourth-order valence-electron chi connectivity index (χ4n) is 1.43. The summed E-state index contributed by atoms with van der Waals surface area (Å²) >= 11 is 0. The van der Waals surface area contributed by atoms with E-state index >= 15 is 0 Å². The molecule has 6 heteroatoms. The van der Waals surface area contributed by atoms with Gasteiger partial charge in [-0.3, -0.25) is 14.9 Å². The Morgan fingerprint density at radius 1 is 1.44 bits per heavy atom. The number of benzene rings is 1. The highest BCUT2D eigenvalue weighted by molar-refractivity contribution is 5.81. The summed E-state index contributed by atoms with van der Waals surface area (Å²) in [5, 5.41) is 13.2. The van der Waals surface area contributed by atoms with Crippen LogP contribution in [0.4, 0.5) is 5.69 Å². The van der Waals surface area contributed by atoms with E-state index in [1.807, 2.05) is 6.92 Å². The molecule has 0 aliphatic carbocycles. The van der Waals surface area contributed by atoms with Gasteiger partial charge in [0.25, 0.3) is 5.69 Å². The van der Waals surface area contributed by atoms with Crippen molar-refractivity contribution < 1.29 is 9.72 Å². The predicted molar refractivity (Wildman–Crippen MR) is 68.1 cm³/mol. The first-order chi connectivity index (χ1) is 8.54. The number of non-ortho nitro benzene ring substituents is 1. The Hall–Kier alpha value is -1.95. The average Bonchev–Trinajstić information content (AvgIpc) is 2.38. The lowest BCUT2D eigenvalue weighted by molar-refractivity contribution is -0.384. The number of nitrogens with two attached hydrogens (primary N) is 1. The molecule has 0 unspecified atom stereocenters. The predicted octanol–water partition coefficient (Wildman–Crippen LogP) is 0.991. The number of hydrogen-bond acceptors (Lipinski definition) is 4. The van der Waals surface area contributed by atoms with Gasteiger partial charge < -0.3 is 11.1 Å². The molecule has 1 aromatic rings. The number of carbonyl (C=O) groups excluding carboxylic acids is 1. The summed E-state index contributed by atoms with van der Waals surface area (Å²) < 4.78 is 0. The lowest BCUT2D eigenvalue weighted by Crippen LogP contribution is -2.40. The Kier molecular flexibility index (Phi) is 5.26. The average molecular weight is 251 g/mol. The zero-order valence-corrected chi connectivity index (χ0v) is 10.3. The molecule has 6 nitrogen and oxygen atoms in total. The van der Waals surface area contributed by atoms with Crippen LogP contribution in [-0.4, -0.2) is 23.4 Å². The molecular weight excluding hydrogens is 234 g/mol. The highest BCUT2D eigenvalue weighted by Gasteiger charge is 2.09. The monoisotopic (exact) mass is 251 g/mol. The van der Waals surface area contributed by atoms with Crippen LogP contribution in [-0.2, 0) is 11.2 Å². The molecule has 1 amide bonds. The van der Waals surface area contributed by atoms with Crippen LogP contribution in [0.1, 0.15) is 18.9 Å². The first kappa shape index (κ1) is 14.1. The summed E-state index contributed by atoms with van der Waals surface area (Å²) in [4.78, 5) is 21.4. The SMILES string of the molecule is CC[C@@H](N)C(=O)NCCc1ccc([N+](=O)[O-])cc1. The molecule has 3 N–H and O–H groups in total. The molecule has 0 fully saturated rings. The first-order valence-corrected chi connectivity index (χ1v) is 5.81. The molecule has 1 aromatic carbocycles. The molecule has 0 aromatic heterocycles. The van der Waals surface area contributed by atoms with Crippen molar-refractivity contribution in [2.75, 3.05) is 6.54 Å². The Morgan fingerprint density at radius 3 is 2.56 bits per heavy atom. The van der Waals surface area contributed by atoms with E-state index in [1.165, 1.54) is 12.1 Å². The maximum Gasteiger partial charge on any atom is 0.269 e. The topological polar surface area (TPSA) is 98.3 Å². The smallest absolute Gasteiger partial charge is 0.269 e. The molecule has 0 saturated carbocycles. The van der Waals surface area contributed by atoms with E-state index in [-0.39, 0.29) is 11.6 Å². The molecule has 0 aliphatic rings. The molecule has 0 radical (unpaired) electrons. The highest BCUT2D eigenvalue weighted by Crippen LogP contribution is 2.11. The number of nitro groups is 1. The van der Waals surface area contributed by atoms with E-state index in [0.29, 0.717) is 19.4 Å². The van der Waals surface area contributed by atoms with Crippen LogP contribution in [0.5, 0.6) is 0 Å².